The molecule has 1 aliphatic rings. The number of carbonyl (C=O) groups is 1. The first-order valence-corrected chi connectivity index (χ1v) is 8.67. The van der Waals surface area contributed by atoms with Crippen LogP contribution < -0.4 is 4.90 Å². The molecule has 0 atom stereocenters. The monoisotopic (exact) mass is 361 g/mol. The molecule has 1 aliphatic heterocycles. The van der Waals surface area contributed by atoms with Crippen LogP contribution in [0.1, 0.15) is 16.7 Å². The molecule has 0 aromatic heterocycles. The number of rotatable bonds is 3. The van der Waals surface area contributed by atoms with Crippen LogP contribution in [0.5, 0.6) is 0 Å². The molecule has 0 unspecified atom stereocenters. The lowest BCUT2D eigenvalue weighted by Gasteiger charge is -2.18. The fourth-order valence-electron chi connectivity index (χ4n) is 3.34. The van der Waals surface area contributed by atoms with E-state index in [9.17, 15) is 13.6 Å². The minimum Gasteiger partial charge on any atom is -0.301 e. The predicted molar refractivity (Wildman–Crippen MR) is 103 cm³/mol. The zero-order chi connectivity index (χ0) is 19.0. The minimum absolute atomic E-state index is 0.240. The molecule has 3 aromatic rings. The lowest BCUT2D eigenvalue weighted by molar-refractivity contribution is -0.112. The van der Waals surface area contributed by atoms with E-state index in [1.165, 1.54) is 23.1 Å². The molecular weight excluding hydrogens is 344 g/mol. The highest BCUT2D eigenvalue weighted by molar-refractivity contribution is 6.36. The number of hydrogen-bond donors (Lipinski definition) is 0. The van der Waals surface area contributed by atoms with Crippen LogP contribution in [0.4, 0.5) is 14.5 Å². The maximum Gasteiger partial charge on any atom is 0.259 e. The van der Waals surface area contributed by atoms with Crippen LogP contribution in [0.15, 0.2) is 72.8 Å². The number of para-hydroxylation sites is 1. The van der Waals surface area contributed by atoms with E-state index in [0.717, 1.165) is 16.7 Å². The van der Waals surface area contributed by atoms with Crippen LogP contribution >= 0.6 is 0 Å². The van der Waals surface area contributed by atoms with E-state index in [1.54, 1.807) is 30.3 Å². The second-order valence-corrected chi connectivity index (χ2v) is 6.57. The quantitative estimate of drug-likeness (QED) is 0.625. The summed E-state index contributed by atoms with van der Waals surface area (Å²) in [6.07, 6.45) is 0. The summed E-state index contributed by atoms with van der Waals surface area (Å²) in [7, 11) is 0. The van der Waals surface area contributed by atoms with E-state index >= 15 is 0 Å². The van der Waals surface area contributed by atoms with Crippen LogP contribution in [0.2, 0.25) is 0 Å². The highest BCUT2D eigenvalue weighted by Crippen LogP contribution is 2.37. The molecule has 0 fully saturated rings. The average molecular weight is 361 g/mol. The number of amides is 1. The Morgan fingerprint density at radius 3 is 2.11 bits per heavy atom. The van der Waals surface area contributed by atoms with Gasteiger partial charge in [0.05, 0.1) is 17.8 Å². The SMILES string of the molecule is Cc1ccc(C2=C(c3ccc(F)cc3)C(=O)N(c3ccccc3F)C2)cc1. The smallest absolute Gasteiger partial charge is 0.259 e. The normalized spacial score (nSPS) is 14.2. The summed E-state index contributed by atoms with van der Waals surface area (Å²) in [6.45, 7) is 2.25. The molecule has 1 amide bonds. The summed E-state index contributed by atoms with van der Waals surface area (Å²) >= 11 is 0. The largest absolute Gasteiger partial charge is 0.301 e. The van der Waals surface area contributed by atoms with Gasteiger partial charge in [-0.05, 0) is 47.9 Å². The van der Waals surface area contributed by atoms with Gasteiger partial charge >= 0.3 is 0 Å². The molecule has 0 radical (unpaired) electrons. The van der Waals surface area contributed by atoms with Crippen molar-refractivity contribution >= 4 is 22.7 Å². The number of aryl methyl sites for hydroxylation is 1. The second kappa shape index (κ2) is 6.80. The molecule has 0 saturated heterocycles. The van der Waals surface area contributed by atoms with Crippen LogP contribution in [0, 0.1) is 18.6 Å². The van der Waals surface area contributed by atoms with E-state index in [1.807, 2.05) is 31.2 Å². The highest BCUT2D eigenvalue weighted by atomic mass is 19.1. The third-order valence-electron chi connectivity index (χ3n) is 4.75. The zero-order valence-electron chi connectivity index (χ0n) is 14.7. The molecule has 4 heteroatoms. The molecule has 2 nitrogen and oxygen atoms in total. The van der Waals surface area contributed by atoms with E-state index < -0.39 is 5.82 Å². The number of hydrogen-bond acceptors (Lipinski definition) is 1. The molecular formula is C23H17F2NO. The van der Waals surface area contributed by atoms with Crippen molar-refractivity contribution in [1.29, 1.82) is 0 Å². The van der Waals surface area contributed by atoms with Crippen molar-refractivity contribution in [2.75, 3.05) is 11.4 Å². The van der Waals surface area contributed by atoms with Crippen LogP contribution in [-0.2, 0) is 4.79 Å². The molecule has 3 aromatic carbocycles. The maximum absolute atomic E-state index is 14.3. The second-order valence-electron chi connectivity index (χ2n) is 6.57. The van der Waals surface area contributed by atoms with Crippen molar-refractivity contribution in [3.8, 4) is 0 Å². The molecule has 0 bridgehead atoms. The van der Waals surface area contributed by atoms with Crippen molar-refractivity contribution in [3.63, 3.8) is 0 Å². The van der Waals surface area contributed by atoms with E-state index in [4.69, 9.17) is 0 Å². The van der Waals surface area contributed by atoms with Crippen molar-refractivity contribution in [1.82, 2.24) is 0 Å². The first-order valence-electron chi connectivity index (χ1n) is 8.67. The minimum atomic E-state index is -0.450. The molecule has 0 spiro atoms. The van der Waals surface area contributed by atoms with E-state index in [0.29, 0.717) is 11.1 Å². The van der Waals surface area contributed by atoms with Gasteiger partial charge in [-0.1, -0.05) is 54.1 Å². The zero-order valence-corrected chi connectivity index (χ0v) is 14.7. The third-order valence-corrected chi connectivity index (χ3v) is 4.75. The van der Waals surface area contributed by atoms with E-state index in [-0.39, 0.29) is 24.0 Å². The van der Waals surface area contributed by atoms with Crippen molar-refractivity contribution in [2.24, 2.45) is 0 Å². The summed E-state index contributed by atoms with van der Waals surface area (Å²) in [5.41, 5.74) is 4.14. The molecule has 1 heterocycles. The average Bonchev–Trinajstić information content (AvgIpc) is 3.00. The Morgan fingerprint density at radius 1 is 0.815 bits per heavy atom. The van der Waals surface area contributed by atoms with E-state index in [2.05, 4.69) is 0 Å². The lowest BCUT2D eigenvalue weighted by Crippen LogP contribution is -2.27. The Bertz CT molecular complexity index is 1040. The Hall–Kier alpha value is -3.27. The van der Waals surface area contributed by atoms with Gasteiger partial charge in [0.15, 0.2) is 0 Å². The molecule has 0 N–H and O–H groups in total. The van der Waals surface area contributed by atoms with Crippen molar-refractivity contribution in [2.45, 2.75) is 6.92 Å². The fourth-order valence-corrected chi connectivity index (χ4v) is 3.34. The first-order chi connectivity index (χ1) is 13.0. The maximum atomic E-state index is 14.3. The number of halogens is 2. The van der Waals surface area contributed by atoms with Crippen molar-refractivity contribution < 1.29 is 13.6 Å². The summed E-state index contributed by atoms with van der Waals surface area (Å²) in [4.78, 5) is 14.6. The summed E-state index contributed by atoms with van der Waals surface area (Å²) in [6, 6.07) is 19.9. The Labute approximate surface area is 156 Å². The fraction of sp³-hybridized carbons (Fsp3) is 0.0870. The first kappa shape index (κ1) is 17.2. The number of nitrogens with zero attached hydrogens (tertiary/aromatic N) is 1. The Morgan fingerprint density at radius 2 is 1.44 bits per heavy atom. The van der Waals surface area contributed by atoms with Gasteiger partial charge in [-0.2, -0.15) is 0 Å². The Balaban J connectivity index is 1.85. The van der Waals surface area contributed by atoms with Crippen LogP contribution in [0.25, 0.3) is 11.1 Å². The topological polar surface area (TPSA) is 20.3 Å². The number of benzene rings is 3. The Kier molecular flexibility index (Phi) is 4.32. The third kappa shape index (κ3) is 3.14. The van der Waals surface area contributed by atoms with Gasteiger partial charge in [0.1, 0.15) is 11.6 Å². The van der Waals surface area contributed by atoms with Gasteiger partial charge < -0.3 is 4.90 Å². The standard InChI is InChI=1S/C23H17F2NO/c1-15-6-8-16(9-7-15)19-14-26(21-5-3-2-4-20(21)25)23(27)22(19)17-10-12-18(24)13-11-17/h2-13H,14H2,1H3. The molecule has 134 valence electrons. The summed E-state index contributed by atoms with van der Waals surface area (Å²) < 4.78 is 27.7. The predicted octanol–water partition coefficient (Wildman–Crippen LogP) is 5.23. The summed E-state index contributed by atoms with van der Waals surface area (Å²) in [5, 5.41) is 0. The highest BCUT2D eigenvalue weighted by Gasteiger charge is 2.34. The molecule has 4 rings (SSSR count). The molecule has 0 aliphatic carbocycles. The number of anilines is 1. The van der Waals surface area contributed by atoms with Crippen LogP contribution in [0.3, 0.4) is 0 Å². The number of carbonyl (C=O) groups excluding carboxylic acids is 1. The lowest BCUT2D eigenvalue weighted by atomic mass is 9.96. The summed E-state index contributed by atoms with van der Waals surface area (Å²) in [5.74, 6) is -1.11. The van der Waals surface area contributed by atoms with Gasteiger partial charge in [-0.15, -0.1) is 0 Å². The van der Waals surface area contributed by atoms with Gasteiger partial charge in [0.2, 0.25) is 0 Å². The van der Waals surface area contributed by atoms with Crippen LogP contribution in [-0.4, -0.2) is 12.5 Å². The molecule has 0 saturated carbocycles. The van der Waals surface area contributed by atoms with Crippen molar-refractivity contribution in [3.05, 3.63) is 101 Å². The molecule has 27 heavy (non-hydrogen) atoms. The van der Waals surface area contributed by atoms with Gasteiger partial charge in [0.25, 0.3) is 5.91 Å². The van der Waals surface area contributed by atoms with Gasteiger partial charge in [-0.3, -0.25) is 4.79 Å². The van der Waals surface area contributed by atoms with Gasteiger partial charge in [-0.25, -0.2) is 8.78 Å². The van der Waals surface area contributed by atoms with Gasteiger partial charge in [0, 0.05) is 0 Å².